The van der Waals surface area contributed by atoms with Crippen molar-refractivity contribution in [3.05, 3.63) is 17.9 Å². The summed E-state index contributed by atoms with van der Waals surface area (Å²) in [5.41, 5.74) is 7.01. The van der Waals surface area contributed by atoms with Crippen LogP contribution in [0.15, 0.2) is 12.1 Å². The summed E-state index contributed by atoms with van der Waals surface area (Å²) in [6.45, 7) is 3.12. The van der Waals surface area contributed by atoms with Gasteiger partial charge in [-0.3, -0.25) is 0 Å². The zero-order chi connectivity index (χ0) is 13.7. The predicted molar refractivity (Wildman–Crippen MR) is 84.0 cm³/mol. The Morgan fingerprint density at radius 2 is 2.32 bits per heavy atom. The van der Waals surface area contributed by atoms with Crippen LogP contribution in [0, 0.1) is 5.82 Å². The summed E-state index contributed by atoms with van der Waals surface area (Å²) in [4.78, 5) is 0. The minimum atomic E-state index is -0.410. The molecule has 3 nitrogen and oxygen atoms in total. The van der Waals surface area contributed by atoms with E-state index in [1.807, 2.05) is 30.4 Å². The number of nitrogen functional groups attached to an aromatic ring is 1. The van der Waals surface area contributed by atoms with Gasteiger partial charge in [0.2, 0.25) is 0 Å². The van der Waals surface area contributed by atoms with Gasteiger partial charge in [-0.2, -0.15) is 23.5 Å². The van der Waals surface area contributed by atoms with Crippen molar-refractivity contribution >= 4 is 34.9 Å². The van der Waals surface area contributed by atoms with E-state index in [9.17, 15) is 4.39 Å². The zero-order valence-corrected chi connectivity index (χ0v) is 12.6. The fourth-order valence-electron chi connectivity index (χ4n) is 1.87. The third-order valence-electron chi connectivity index (χ3n) is 2.81. The van der Waals surface area contributed by atoms with Crippen LogP contribution in [0.5, 0.6) is 5.75 Å². The van der Waals surface area contributed by atoms with Crippen molar-refractivity contribution in [2.75, 3.05) is 41.5 Å². The fourth-order valence-corrected chi connectivity index (χ4v) is 4.48. The van der Waals surface area contributed by atoms with E-state index in [2.05, 4.69) is 5.32 Å². The lowest BCUT2D eigenvalue weighted by molar-refractivity contribution is 0.322. The van der Waals surface area contributed by atoms with Gasteiger partial charge in [-0.05, 0) is 6.92 Å². The number of rotatable bonds is 5. The second kappa shape index (κ2) is 7.14. The average Bonchev–Trinajstić information content (AvgIpc) is 2.42. The summed E-state index contributed by atoms with van der Waals surface area (Å²) in [5.74, 6) is 3.42. The summed E-state index contributed by atoms with van der Waals surface area (Å²) in [6, 6.07) is 2.96. The Balaban J connectivity index is 2.00. The highest BCUT2D eigenvalue weighted by molar-refractivity contribution is 8.06. The minimum Gasteiger partial charge on any atom is -0.491 e. The molecule has 0 radical (unpaired) electrons. The maximum atomic E-state index is 13.6. The lowest BCUT2D eigenvalue weighted by Gasteiger charge is -2.22. The first-order valence-electron chi connectivity index (χ1n) is 6.35. The van der Waals surface area contributed by atoms with Crippen LogP contribution in [0.3, 0.4) is 0 Å². The van der Waals surface area contributed by atoms with Crippen LogP contribution >= 0.6 is 23.5 Å². The molecule has 0 saturated carbocycles. The van der Waals surface area contributed by atoms with E-state index in [1.165, 1.54) is 17.6 Å². The van der Waals surface area contributed by atoms with Crippen molar-refractivity contribution in [2.45, 2.75) is 12.2 Å². The normalized spacial score (nSPS) is 19.2. The monoisotopic (exact) mass is 302 g/mol. The molecule has 1 atom stereocenters. The first-order valence-corrected chi connectivity index (χ1v) is 8.56. The van der Waals surface area contributed by atoms with Gasteiger partial charge in [0.15, 0.2) is 11.6 Å². The highest BCUT2D eigenvalue weighted by atomic mass is 32.2. The molecule has 0 bridgehead atoms. The second-order valence-corrected chi connectivity index (χ2v) is 6.81. The molecule has 1 heterocycles. The standard InChI is InChI=1S/C13H19FN2OS2/c1-2-17-13-6-12(11(15)5-10(13)14)16-7-9-8-18-3-4-19-9/h5-6,9,16H,2-4,7-8,15H2,1H3. The molecule has 1 unspecified atom stereocenters. The van der Waals surface area contributed by atoms with E-state index in [-0.39, 0.29) is 5.75 Å². The zero-order valence-electron chi connectivity index (χ0n) is 10.9. The Labute approximate surface area is 121 Å². The van der Waals surface area contributed by atoms with Gasteiger partial charge in [0.05, 0.1) is 18.0 Å². The molecule has 2 rings (SSSR count). The maximum Gasteiger partial charge on any atom is 0.167 e. The lowest BCUT2D eigenvalue weighted by atomic mass is 10.2. The van der Waals surface area contributed by atoms with Crippen LogP contribution in [0.25, 0.3) is 0 Å². The van der Waals surface area contributed by atoms with Crippen LogP contribution in [0.1, 0.15) is 6.92 Å². The van der Waals surface area contributed by atoms with E-state index < -0.39 is 5.82 Å². The first kappa shape index (κ1) is 14.7. The van der Waals surface area contributed by atoms with Gasteiger partial charge in [-0.25, -0.2) is 4.39 Å². The average molecular weight is 302 g/mol. The molecule has 0 spiro atoms. The lowest BCUT2D eigenvalue weighted by Crippen LogP contribution is -2.23. The quantitative estimate of drug-likeness (QED) is 0.819. The number of hydrogen-bond donors (Lipinski definition) is 2. The Kier molecular flexibility index (Phi) is 5.51. The topological polar surface area (TPSA) is 47.3 Å². The van der Waals surface area contributed by atoms with Crippen LogP contribution in [-0.4, -0.2) is 35.7 Å². The Morgan fingerprint density at radius 1 is 1.47 bits per heavy atom. The molecule has 1 aromatic rings. The van der Waals surface area contributed by atoms with E-state index in [0.717, 1.165) is 18.0 Å². The number of thioether (sulfide) groups is 2. The molecule has 1 aromatic carbocycles. The van der Waals surface area contributed by atoms with Crippen molar-refractivity contribution in [2.24, 2.45) is 0 Å². The molecule has 3 N–H and O–H groups in total. The SMILES string of the molecule is CCOc1cc(NCC2CSCCS2)c(N)cc1F. The fraction of sp³-hybridized carbons (Fsp3) is 0.538. The second-order valence-electron chi connectivity index (χ2n) is 4.25. The molecule has 1 fully saturated rings. The summed E-state index contributed by atoms with van der Waals surface area (Å²) >= 11 is 3.96. The van der Waals surface area contributed by atoms with Gasteiger partial charge in [0, 0.05) is 41.2 Å². The third-order valence-corrected chi connectivity index (χ3v) is 5.65. The molecule has 19 heavy (non-hydrogen) atoms. The number of benzene rings is 1. The summed E-state index contributed by atoms with van der Waals surface area (Å²) < 4.78 is 18.8. The van der Waals surface area contributed by atoms with E-state index in [0.29, 0.717) is 17.5 Å². The van der Waals surface area contributed by atoms with Crippen LogP contribution in [0.4, 0.5) is 15.8 Å². The number of anilines is 2. The number of ether oxygens (including phenoxy) is 1. The maximum absolute atomic E-state index is 13.6. The molecular weight excluding hydrogens is 283 g/mol. The Bertz CT molecular complexity index is 425. The Morgan fingerprint density at radius 3 is 3.00 bits per heavy atom. The number of nitrogens with two attached hydrogens (primary N) is 1. The smallest absolute Gasteiger partial charge is 0.167 e. The van der Waals surface area contributed by atoms with Crippen LogP contribution < -0.4 is 15.8 Å². The third kappa shape index (κ3) is 4.11. The summed E-state index contributed by atoms with van der Waals surface area (Å²) in [6.07, 6.45) is 0. The largest absolute Gasteiger partial charge is 0.491 e. The van der Waals surface area contributed by atoms with Crippen molar-refractivity contribution in [1.82, 2.24) is 0 Å². The predicted octanol–water partition coefficient (Wildman–Crippen LogP) is 3.07. The van der Waals surface area contributed by atoms with Crippen molar-refractivity contribution in [1.29, 1.82) is 0 Å². The minimum absolute atomic E-state index is 0.255. The van der Waals surface area contributed by atoms with Crippen molar-refractivity contribution < 1.29 is 9.13 Å². The summed E-state index contributed by atoms with van der Waals surface area (Å²) in [7, 11) is 0. The molecule has 106 valence electrons. The highest BCUT2D eigenvalue weighted by Gasteiger charge is 2.15. The van der Waals surface area contributed by atoms with Crippen LogP contribution in [-0.2, 0) is 0 Å². The van der Waals surface area contributed by atoms with Gasteiger partial charge < -0.3 is 15.8 Å². The summed E-state index contributed by atoms with van der Waals surface area (Å²) in [5, 5.41) is 3.89. The van der Waals surface area contributed by atoms with Crippen LogP contribution in [0.2, 0.25) is 0 Å². The first-order chi connectivity index (χ1) is 9.20. The molecule has 0 aromatic heterocycles. The molecule has 0 amide bonds. The molecule has 1 aliphatic rings. The van der Waals surface area contributed by atoms with E-state index >= 15 is 0 Å². The van der Waals surface area contributed by atoms with Gasteiger partial charge in [0.25, 0.3) is 0 Å². The number of hydrogen-bond acceptors (Lipinski definition) is 5. The molecule has 1 saturated heterocycles. The van der Waals surface area contributed by atoms with Gasteiger partial charge >= 0.3 is 0 Å². The number of halogens is 1. The highest BCUT2D eigenvalue weighted by Crippen LogP contribution is 2.30. The molecule has 1 aliphatic heterocycles. The molecule has 0 aliphatic carbocycles. The van der Waals surface area contributed by atoms with E-state index in [4.69, 9.17) is 10.5 Å². The van der Waals surface area contributed by atoms with Crippen molar-refractivity contribution in [3.63, 3.8) is 0 Å². The molecular formula is C13H19FN2OS2. The Hall–Kier alpha value is -0.750. The van der Waals surface area contributed by atoms with Crippen molar-refractivity contribution in [3.8, 4) is 5.75 Å². The van der Waals surface area contributed by atoms with Gasteiger partial charge in [-0.1, -0.05) is 0 Å². The van der Waals surface area contributed by atoms with Gasteiger partial charge in [0.1, 0.15) is 0 Å². The van der Waals surface area contributed by atoms with Gasteiger partial charge in [-0.15, -0.1) is 0 Å². The van der Waals surface area contributed by atoms with E-state index in [1.54, 1.807) is 6.07 Å². The molecule has 6 heteroatoms. The number of nitrogens with one attached hydrogen (secondary N) is 1.